The largest absolute Gasteiger partial charge is 0.243 e. The van der Waals surface area contributed by atoms with E-state index in [-0.39, 0.29) is 6.04 Å². The van der Waals surface area contributed by atoms with Crippen LogP contribution in [0.2, 0.25) is 0 Å². The van der Waals surface area contributed by atoms with E-state index in [4.69, 9.17) is 11.6 Å². The maximum Gasteiger partial charge on any atom is 0.243 e. The average molecular weight is 302 g/mol. The molecule has 0 heterocycles. The van der Waals surface area contributed by atoms with Gasteiger partial charge in [-0.1, -0.05) is 31.4 Å². The summed E-state index contributed by atoms with van der Waals surface area (Å²) in [7, 11) is -1.70. The van der Waals surface area contributed by atoms with Crippen LogP contribution < -0.4 is 0 Å². The number of halogens is 1. The van der Waals surface area contributed by atoms with Gasteiger partial charge in [0, 0.05) is 19.0 Å². The first-order chi connectivity index (χ1) is 9.05. The molecule has 3 nitrogen and oxygen atoms in total. The Labute approximate surface area is 120 Å². The van der Waals surface area contributed by atoms with Crippen LogP contribution in [-0.4, -0.2) is 25.8 Å². The van der Waals surface area contributed by atoms with Gasteiger partial charge >= 0.3 is 0 Å². The zero-order valence-corrected chi connectivity index (χ0v) is 12.8. The fraction of sp³-hybridized carbons (Fsp3) is 0.571. The Balaban J connectivity index is 2.24. The van der Waals surface area contributed by atoms with Crippen LogP contribution >= 0.6 is 11.6 Å². The molecule has 0 amide bonds. The first kappa shape index (κ1) is 14.8. The van der Waals surface area contributed by atoms with E-state index in [1.807, 2.05) is 6.07 Å². The van der Waals surface area contributed by atoms with Crippen LogP contribution in [0.1, 0.15) is 37.7 Å². The van der Waals surface area contributed by atoms with Gasteiger partial charge in [-0.15, -0.1) is 11.6 Å². The van der Waals surface area contributed by atoms with Crippen molar-refractivity contribution in [2.75, 3.05) is 7.05 Å². The van der Waals surface area contributed by atoms with E-state index in [1.165, 1.54) is 6.42 Å². The summed E-state index contributed by atoms with van der Waals surface area (Å²) < 4.78 is 26.7. The molecule has 106 valence electrons. The summed E-state index contributed by atoms with van der Waals surface area (Å²) in [4.78, 5) is 0.346. The number of nitrogens with zero attached hydrogens (tertiary/aromatic N) is 1. The van der Waals surface area contributed by atoms with Crippen molar-refractivity contribution >= 4 is 21.6 Å². The third-order valence-corrected chi connectivity index (χ3v) is 6.03. The number of alkyl halides is 1. The van der Waals surface area contributed by atoms with E-state index in [9.17, 15) is 8.42 Å². The highest BCUT2D eigenvalue weighted by atomic mass is 35.5. The van der Waals surface area contributed by atoms with Crippen molar-refractivity contribution in [2.24, 2.45) is 0 Å². The first-order valence-electron chi connectivity index (χ1n) is 6.68. The van der Waals surface area contributed by atoms with Crippen molar-refractivity contribution in [3.63, 3.8) is 0 Å². The monoisotopic (exact) mass is 301 g/mol. The summed E-state index contributed by atoms with van der Waals surface area (Å²) in [6.07, 6.45) is 5.38. The lowest BCUT2D eigenvalue weighted by Gasteiger charge is -2.30. The minimum atomic E-state index is -3.40. The summed E-state index contributed by atoms with van der Waals surface area (Å²) in [6, 6.07) is 7.04. The quantitative estimate of drug-likeness (QED) is 0.800. The lowest BCUT2D eigenvalue weighted by molar-refractivity contribution is 0.286. The minimum absolute atomic E-state index is 0.137. The van der Waals surface area contributed by atoms with Crippen molar-refractivity contribution in [1.29, 1.82) is 0 Å². The second kappa shape index (κ2) is 6.25. The Morgan fingerprint density at radius 3 is 2.58 bits per heavy atom. The standard InChI is InChI=1S/C14H20ClNO2S/c1-16(13-7-3-2-4-8-13)19(17,18)14-9-5-6-12(10-14)11-15/h5-6,9-10,13H,2-4,7-8,11H2,1H3. The predicted octanol–water partition coefficient (Wildman–Crippen LogP) is 3.38. The van der Waals surface area contributed by atoms with Crippen molar-refractivity contribution in [3.8, 4) is 0 Å². The van der Waals surface area contributed by atoms with Crippen LogP contribution in [-0.2, 0) is 15.9 Å². The zero-order valence-electron chi connectivity index (χ0n) is 11.2. The highest BCUT2D eigenvalue weighted by Gasteiger charge is 2.28. The maximum atomic E-state index is 12.6. The van der Waals surface area contributed by atoms with Crippen LogP contribution in [0.15, 0.2) is 29.2 Å². The Bertz CT molecular complexity index is 524. The summed E-state index contributed by atoms with van der Waals surface area (Å²) in [5, 5.41) is 0. The van der Waals surface area contributed by atoms with E-state index in [0.717, 1.165) is 31.2 Å². The fourth-order valence-electron chi connectivity index (χ4n) is 2.60. The number of sulfonamides is 1. The van der Waals surface area contributed by atoms with Gasteiger partial charge in [-0.25, -0.2) is 8.42 Å². The van der Waals surface area contributed by atoms with Crippen molar-refractivity contribution in [3.05, 3.63) is 29.8 Å². The fourth-order valence-corrected chi connectivity index (χ4v) is 4.25. The molecule has 0 atom stereocenters. The van der Waals surface area contributed by atoms with Gasteiger partial charge in [0.1, 0.15) is 0 Å². The molecule has 5 heteroatoms. The smallest absolute Gasteiger partial charge is 0.207 e. The molecule has 0 aromatic heterocycles. The van der Waals surface area contributed by atoms with E-state index < -0.39 is 10.0 Å². The highest BCUT2D eigenvalue weighted by molar-refractivity contribution is 7.89. The molecule has 2 rings (SSSR count). The topological polar surface area (TPSA) is 37.4 Å². The van der Waals surface area contributed by atoms with Crippen LogP contribution in [0.4, 0.5) is 0 Å². The molecule has 0 unspecified atom stereocenters. The maximum absolute atomic E-state index is 12.6. The van der Waals surface area contributed by atoms with E-state index in [0.29, 0.717) is 10.8 Å². The second-order valence-electron chi connectivity index (χ2n) is 5.09. The van der Waals surface area contributed by atoms with Gasteiger partial charge < -0.3 is 0 Å². The van der Waals surface area contributed by atoms with Crippen LogP contribution in [0.25, 0.3) is 0 Å². The molecule has 0 spiro atoms. The molecular formula is C14H20ClNO2S. The molecule has 0 saturated heterocycles. The highest BCUT2D eigenvalue weighted by Crippen LogP contribution is 2.26. The first-order valence-corrected chi connectivity index (χ1v) is 8.66. The molecule has 1 aromatic rings. The molecule has 1 aromatic carbocycles. The molecule has 0 bridgehead atoms. The van der Waals surface area contributed by atoms with Gasteiger partial charge in [-0.05, 0) is 30.5 Å². The molecule has 1 saturated carbocycles. The molecule has 0 radical (unpaired) electrons. The summed E-state index contributed by atoms with van der Waals surface area (Å²) in [5.74, 6) is 0.330. The lowest BCUT2D eigenvalue weighted by Crippen LogP contribution is -2.38. The van der Waals surface area contributed by atoms with Gasteiger partial charge in [0.05, 0.1) is 4.90 Å². The van der Waals surface area contributed by atoms with E-state index >= 15 is 0 Å². The number of hydrogen-bond acceptors (Lipinski definition) is 2. The molecule has 1 aliphatic carbocycles. The second-order valence-corrected chi connectivity index (χ2v) is 7.36. The zero-order chi connectivity index (χ0) is 13.9. The Morgan fingerprint density at radius 1 is 1.26 bits per heavy atom. The van der Waals surface area contributed by atoms with Gasteiger partial charge in [0.2, 0.25) is 10.0 Å². The minimum Gasteiger partial charge on any atom is -0.207 e. The molecule has 0 N–H and O–H groups in total. The van der Waals surface area contributed by atoms with Crippen LogP contribution in [0, 0.1) is 0 Å². The summed E-state index contributed by atoms with van der Waals surface area (Å²) in [5.41, 5.74) is 0.833. The normalized spacial score (nSPS) is 17.8. The van der Waals surface area contributed by atoms with Gasteiger partial charge in [0.25, 0.3) is 0 Å². The number of rotatable bonds is 4. The van der Waals surface area contributed by atoms with Crippen molar-refractivity contribution in [2.45, 2.75) is 48.9 Å². The van der Waals surface area contributed by atoms with Crippen LogP contribution in [0.3, 0.4) is 0 Å². The van der Waals surface area contributed by atoms with Gasteiger partial charge in [-0.2, -0.15) is 4.31 Å². The lowest BCUT2D eigenvalue weighted by atomic mass is 9.96. The summed E-state index contributed by atoms with van der Waals surface area (Å²) in [6.45, 7) is 0. The SMILES string of the molecule is CN(C1CCCCC1)S(=O)(=O)c1cccc(CCl)c1. The summed E-state index contributed by atoms with van der Waals surface area (Å²) >= 11 is 5.77. The predicted molar refractivity (Wildman–Crippen MR) is 77.8 cm³/mol. The Morgan fingerprint density at radius 2 is 1.95 bits per heavy atom. The third-order valence-electron chi connectivity index (χ3n) is 3.82. The molecule has 19 heavy (non-hydrogen) atoms. The Hall–Kier alpha value is -0.580. The van der Waals surface area contributed by atoms with Crippen molar-refractivity contribution in [1.82, 2.24) is 4.31 Å². The van der Waals surface area contributed by atoms with Gasteiger partial charge in [0.15, 0.2) is 0 Å². The van der Waals surface area contributed by atoms with E-state index in [2.05, 4.69) is 0 Å². The van der Waals surface area contributed by atoms with E-state index in [1.54, 1.807) is 29.6 Å². The van der Waals surface area contributed by atoms with Crippen molar-refractivity contribution < 1.29 is 8.42 Å². The van der Waals surface area contributed by atoms with Gasteiger partial charge in [-0.3, -0.25) is 0 Å². The molecular weight excluding hydrogens is 282 g/mol. The Kier molecular flexibility index (Phi) is 4.87. The van der Waals surface area contributed by atoms with Crippen LogP contribution in [0.5, 0.6) is 0 Å². The number of hydrogen-bond donors (Lipinski definition) is 0. The molecule has 1 fully saturated rings. The average Bonchev–Trinajstić information content (AvgIpc) is 2.47. The third kappa shape index (κ3) is 3.30. The molecule has 0 aliphatic heterocycles. The number of benzene rings is 1. The molecule has 1 aliphatic rings.